The molecule has 2 aliphatic rings. The monoisotopic (exact) mass is 370 g/mol. The Labute approximate surface area is 151 Å². The molecule has 2 fully saturated rings. The van der Waals surface area contributed by atoms with Crippen molar-refractivity contribution in [2.45, 2.75) is 44.2 Å². The molecule has 7 heteroatoms. The van der Waals surface area contributed by atoms with Gasteiger partial charge in [-0.15, -0.1) is 0 Å². The third-order valence-electron chi connectivity index (χ3n) is 4.83. The molecule has 24 heavy (non-hydrogen) atoms. The first-order valence-electron chi connectivity index (χ1n) is 8.22. The van der Waals surface area contributed by atoms with E-state index in [9.17, 15) is 14.7 Å². The van der Waals surface area contributed by atoms with Gasteiger partial charge in [-0.25, -0.2) is 4.90 Å². The van der Waals surface area contributed by atoms with Crippen LogP contribution in [-0.2, 0) is 9.59 Å². The molecule has 0 unspecified atom stereocenters. The van der Waals surface area contributed by atoms with Crippen molar-refractivity contribution < 1.29 is 14.7 Å². The molecular formula is C17H20Cl2N2O3. The topological polar surface area (TPSA) is 60.9 Å². The quantitative estimate of drug-likeness (QED) is 0.827. The van der Waals surface area contributed by atoms with E-state index in [0.29, 0.717) is 17.1 Å². The predicted molar refractivity (Wildman–Crippen MR) is 93.4 cm³/mol. The average molecular weight is 371 g/mol. The second-order valence-electron chi connectivity index (χ2n) is 6.26. The van der Waals surface area contributed by atoms with Crippen LogP contribution < -0.4 is 4.90 Å². The first-order chi connectivity index (χ1) is 11.5. The largest absolute Gasteiger partial charge is 0.396 e. The number of rotatable bonds is 4. The van der Waals surface area contributed by atoms with Crippen LogP contribution >= 0.6 is 23.2 Å². The molecule has 0 bridgehead atoms. The number of aliphatic hydroxyl groups is 1. The zero-order valence-corrected chi connectivity index (χ0v) is 14.8. The number of benzene rings is 1. The maximum Gasteiger partial charge on any atom is 0.251 e. The zero-order valence-electron chi connectivity index (χ0n) is 13.3. The van der Waals surface area contributed by atoms with Gasteiger partial charge in [-0.2, -0.15) is 0 Å². The van der Waals surface area contributed by atoms with Crippen LogP contribution in [-0.4, -0.2) is 47.1 Å². The second kappa shape index (κ2) is 7.40. The maximum atomic E-state index is 12.9. The lowest BCUT2D eigenvalue weighted by Crippen LogP contribution is -2.50. The summed E-state index contributed by atoms with van der Waals surface area (Å²) in [6.45, 7) is 0.853. The average Bonchev–Trinajstić information content (AvgIpc) is 2.86. The van der Waals surface area contributed by atoms with Crippen LogP contribution in [0.1, 0.15) is 32.1 Å². The van der Waals surface area contributed by atoms with E-state index in [1.807, 2.05) is 0 Å². The SMILES string of the molecule is O=C1C[C@@H](N2CCCC[C@@H]2CCO)C(=O)N1c1cccc(Cl)c1Cl. The fraction of sp³-hybridized carbons (Fsp3) is 0.529. The van der Waals surface area contributed by atoms with Gasteiger partial charge in [0.1, 0.15) is 0 Å². The highest BCUT2D eigenvalue weighted by molar-refractivity contribution is 6.44. The Balaban J connectivity index is 1.87. The van der Waals surface area contributed by atoms with Crippen LogP contribution in [0.5, 0.6) is 0 Å². The number of hydrogen-bond donors (Lipinski definition) is 1. The van der Waals surface area contributed by atoms with Crippen molar-refractivity contribution in [3.05, 3.63) is 28.2 Å². The van der Waals surface area contributed by atoms with Crippen molar-refractivity contribution in [3.63, 3.8) is 0 Å². The van der Waals surface area contributed by atoms with Gasteiger partial charge in [0, 0.05) is 12.6 Å². The van der Waals surface area contributed by atoms with Gasteiger partial charge >= 0.3 is 0 Å². The van der Waals surface area contributed by atoms with E-state index in [1.54, 1.807) is 18.2 Å². The smallest absolute Gasteiger partial charge is 0.251 e. The van der Waals surface area contributed by atoms with Gasteiger partial charge in [-0.1, -0.05) is 35.7 Å². The Hall–Kier alpha value is -1.14. The van der Waals surface area contributed by atoms with Crippen LogP contribution in [0.15, 0.2) is 18.2 Å². The number of anilines is 1. The molecule has 2 amide bonds. The minimum absolute atomic E-state index is 0.0832. The zero-order chi connectivity index (χ0) is 17.3. The molecule has 0 aromatic heterocycles. The summed E-state index contributed by atoms with van der Waals surface area (Å²) in [6, 6.07) is 4.59. The molecule has 130 valence electrons. The molecule has 0 saturated carbocycles. The summed E-state index contributed by atoms with van der Waals surface area (Å²) in [5.74, 6) is -0.517. The van der Waals surface area contributed by atoms with Crippen molar-refractivity contribution in [1.29, 1.82) is 0 Å². The number of carbonyl (C=O) groups excluding carboxylic acids is 2. The van der Waals surface area contributed by atoms with Gasteiger partial charge in [-0.05, 0) is 37.9 Å². The summed E-state index contributed by atoms with van der Waals surface area (Å²) < 4.78 is 0. The fourth-order valence-electron chi connectivity index (χ4n) is 3.69. The first kappa shape index (κ1) is 17.7. The highest BCUT2D eigenvalue weighted by atomic mass is 35.5. The molecule has 3 rings (SSSR count). The molecule has 1 aromatic rings. The maximum absolute atomic E-state index is 12.9. The number of imide groups is 1. The van der Waals surface area contributed by atoms with E-state index in [4.69, 9.17) is 23.2 Å². The number of nitrogens with zero attached hydrogens (tertiary/aromatic N) is 2. The molecule has 2 saturated heterocycles. The van der Waals surface area contributed by atoms with E-state index in [0.717, 1.165) is 30.7 Å². The normalized spacial score (nSPS) is 25.5. The van der Waals surface area contributed by atoms with E-state index < -0.39 is 6.04 Å². The van der Waals surface area contributed by atoms with Crippen LogP contribution in [0.3, 0.4) is 0 Å². The van der Waals surface area contributed by atoms with Gasteiger partial charge in [0.2, 0.25) is 5.91 Å². The molecule has 2 atom stereocenters. The van der Waals surface area contributed by atoms with Gasteiger partial charge < -0.3 is 5.11 Å². The molecule has 2 heterocycles. The summed E-state index contributed by atoms with van der Waals surface area (Å²) in [4.78, 5) is 28.7. The number of likely N-dealkylation sites (tertiary alicyclic amines) is 1. The summed E-state index contributed by atoms with van der Waals surface area (Å²) in [7, 11) is 0. The Morgan fingerprint density at radius 3 is 2.75 bits per heavy atom. The van der Waals surface area contributed by atoms with Crippen LogP contribution in [0, 0.1) is 0 Å². The minimum Gasteiger partial charge on any atom is -0.396 e. The lowest BCUT2D eigenvalue weighted by atomic mass is 9.97. The molecule has 5 nitrogen and oxygen atoms in total. The number of piperidine rings is 1. The number of amides is 2. The van der Waals surface area contributed by atoms with E-state index in [1.165, 1.54) is 0 Å². The van der Waals surface area contributed by atoms with Crippen LogP contribution in [0.4, 0.5) is 5.69 Å². The summed E-state index contributed by atoms with van der Waals surface area (Å²) in [5, 5.41) is 9.80. The lowest BCUT2D eigenvalue weighted by molar-refractivity contribution is -0.123. The van der Waals surface area contributed by atoms with Crippen molar-refractivity contribution in [1.82, 2.24) is 4.90 Å². The first-order valence-corrected chi connectivity index (χ1v) is 8.97. The Morgan fingerprint density at radius 1 is 1.21 bits per heavy atom. The van der Waals surface area contributed by atoms with Crippen molar-refractivity contribution in [3.8, 4) is 0 Å². The lowest BCUT2D eigenvalue weighted by Gasteiger charge is -2.38. The van der Waals surface area contributed by atoms with E-state index in [2.05, 4.69) is 4.90 Å². The molecule has 0 aliphatic carbocycles. The fourth-order valence-corrected chi connectivity index (χ4v) is 4.07. The van der Waals surface area contributed by atoms with Gasteiger partial charge in [0.05, 0.1) is 28.2 Å². The highest BCUT2D eigenvalue weighted by Crippen LogP contribution is 2.37. The van der Waals surface area contributed by atoms with Crippen molar-refractivity contribution >= 4 is 40.7 Å². The van der Waals surface area contributed by atoms with Gasteiger partial charge in [0.15, 0.2) is 0 Å². The van der Waals surface area contributed by atoms with E-state index >= 15 is 0 Å². The number of halogens is 2. The van der Waals surface area contributed by atoms with Crippen LogP contribution in [0.25, 0.3) is 0 Å². The Morgan fingerprint density at radius 2 is 2.00 bits per heavy atom. The Bertz CT molecular complexity index is 651. The minimum atomic E-state index is -0.482. The summed E-state index contributed by atoms with van der Waals surface area (Å²) in [6.07, 6.45) is 3.79. The molecular weight excluding hydrogens is 351 g/mol. The number of aliphatic hydroxyl groups excluding tert-OH is 1. The third-order valence-corrected chi connectivity index (χ3v) is 5.64. The standard InChI is InChI=1S/C17H20Cl2N2O3/c18-12-5-3-6-13(16(12)19)21-15(23)10-14(17(21)24)20-8-2-1-4-11(20)7-9-22/h3,5-6,11,14,22H,1-2,4,7-10H2/t11-,14-/m1/s1. The van der Waals surface area contributed by atoms with E-state index in [-0.39, 0.29) is 35.9 Å². The Kier molecular flexibility index (Phi) is 5.45. The third kappa shape index (κ3) is 3.18. The predicted octanol–water partition coefficient (Wildman–Crippen LogP) is 2.86. The summed E-state index contributed by atoms with van der Waals surface area (Å²) in [5.41, 5.74) is 0.345. The number of hydrogen-bond acceptors (Lipinski definition) is 4. The molecule has 0 spiro atoms. The molecule has 2 aliphatic heterocycles. The number of carbonyl (C=O) groups is 2. The summed E-state index contributed by atoms with van der Waals surface area (Å²) >= 11 is 12.2. The second-order valence-corrected chi connectivity index (χ2v) is 7.05. The van der Waals surface area contributed by atoms with Crippen molar-refractivity contribution in [2.24, 2.45) is 0 Å². The molecule has 1 N–H and O–H groups in total. The molecule has 0 radical (unpaired) electrons. The van der Waals surface area contributed by atoms with Gasteiger partial charge in [-0.3, -0.25) is 14.5 Å². The molecule has 1 aromatic carbocycles. The van der Waals surface area contributed by atoms with Crippen molar-refractivity contribution in [2.75, 3.05) is 18.1 Å². The van der Waals surface area contributed by atoms with Crippen LogP contribution in [0.2, 0.25) is 10.0 Å². The van der Waals surface area contributed by atoms with Gasteiger partial charge in [0.25, 0.3) is 5.91 Å². The highest BCUT2D eigenvalue weighted by Gasteiger charge is 2.45.